The second kappa shape index (κ2) is 5.23. The van der Waals surface area contributed by atoms with Gasteiger partial charge in [0.15, 0.2) is 0 Å². The molecule has 0 fully saturated rings. The van der Waals surface area contributed by atoms with Crippen LogP contribution in [0.3, 0.4) is 0 Å². The quantitative estimate of drug-likeness (QED) is 0.926. The fourth-order valence-electron chi connectivity index (χ4n) is 1.98. The third kappa shape index (κ3) is 2.74. The monoisotopic (exact) mass is 276 g/mol. The minimum atomic E-state index is -2.04. The van der Waals surface area contributed by atoms with Crippen LogP contribution in [0.4, 0.5) is 5.69 Å². The number of aromatic nitrogens is 1. The summed E-state index contributed by atoms with van der Waals surface area (Å²) in [5.74, 6) is 0. The maximum absolute atomic E-state index is 11.0. The summed E-state index contributed by atoms with van der Waals surface area (Å²) in [7, 11) is 1.92. The average molecular weight is 276 g/mol. The van der Waals surface area contributed by atoms with E-state index in [0.29, 0.717) is 0 Å². The van der Waals surface area contributed by atoms with Gasteiger partial charge in [0.05, 0.1) is 10.6 Å². The first-order valence-corrected chi connectivity index (χ1v) is 8.11. The molecule has 1 aromatic heterocycles. The lowest BCUT2D eigenvalue weighted by atomic mass is 10.2. The van der Waals surface area contributed by atoms with Gasteiger partial charge in [0.1, 0.15) is 0 Å². The van der Waals surface area contributed by atoms with E-state index >= 15 is 0 Å². The summed E-state index contributed by atoms with van der Waals surface area (Å²) in [5.41, 5.74) is 2.20. The second-order valence-corrected chi connectivity index (χ2v) is 7.59. The van der Waals surface area contributed by atoms with Crippen LogP contribution in [0.2, 0.25) is 0 Å². The van der Waals surface area contributed by atoms with Gasteiger partial charge in [-0.05, 0) is 31.4 Å². The first-order valence-electron chi connectivity index (χ1n) is 6.12. The smallest absolute Gasteiger partial charge is 0.0583 e. The Morgan fingerprint density at radius 2 is 1.74 bits per heavy atom. The molecular formula is C15H20N2OS. The van der Waals surface area contributed by atoms with E-state index in [9.17, 15) is 4.55 Å². The van der Waals surface area contributed by atoms with Gasteiger partial charge in [-0.15, -0.1) is 0 Å². The molecule has 2 aromatic rings. The summed E-state index contributed by atoms with van der Waals surface area (Å²) in [6.45, 7) is 2.04. The highest BCUT2D eigenvalue weighted by atomic mass is 32.3. The van der Waals surface area contributed by atoms with E-state index in [4.69, 9.17) is 0 Å². The molecule has 4 heteroatoms. The summed E-state index contributed by atoms with van der Waals surface area (Å²) >= 11 is 0. The second-order valence-electron chi connectivity index (χ2n) is 4.93. The summed E-state index contributed by atoms with van der Waals surface area (Å²) in [6.07, 6.45) is 5.41. The Bertz CT molecular complexity index is 565. The van der Waals surface area contributed by atoms with Crippen molar-refractivity contribution in [2.45, 2.75) is 16.7 Å². The summed E-state index contributed by atoms with van der Waals surface area (Å²) in [6, 6.07) is 9.99. The minimum absolute atomic E-state index is 0.892. The number of anilines is 1. The van der Waals surface area contributed by atoms with E-state index in [1.54, 1.807) is 12.4 Å². The Kier molecular flexibility index (Phi) is 3.83. The molecule has 3 nitrogen and oxygen atoms in total. The number of benzene rings is 1. The Morgan fingerprint density at radius 1 is 1.11 bits per heavy atom. The normalized spacial score (nSPS) is 15.6. The Hall–Kier alpha value is -1.52. The highest BCUT2D eigenvalue weighted by Crippen LogP contribution is 2.58. The van der Waals surface area contributed by atoms with Crippen molar-refractivity contribution in [2.75, 3.05) is 25.3 Å². The summed E-state index contributed by atoms with van der Waals surface area (Å²) in [5, 5.41) is 0. The lowest BCUT2D eigenvalue weighted by Crippen LogP contribution is -2.13. The van der Waals surface area contributed by atoms with E-state index in [1.165, 1.54) is 5.56 Å². The Morgan fingerprint density at radius 3 is 2.32 bits per heavy atom. The standard InChI is InChI=1S/C15H20N2OS/c1-12-5-7-13(8-6-12)19(4,18)15-11-16-10-9-14(15)17(2)3/h5-11,18H,1-4H3. The Labute approximate surface area is 116 Å². The molecule has 0 saturated heterocycles. The molecule has 102 valence electrons. The SMILES string of the molecule is Cc1ccc(S(C)(O)c2cnccc2N(C)C)cc1. The number of hydrogen-bond acceptors (Lipinski definition) is 3. The first kappa shape index (κ1) is 13.9. The maximum atomic E-state index is 11.0. The molecule has 0 aliphatic rings. The van der Waals surface area contributed by atoms with Crippen molar-refractivity contribution in [3.63, 3.8) is 0 Å². The highest BCUT2D eigenvalue weighted by Gasteiger charge is 2.24. The van der Waals surface area contributed by atoms with E-state index in [2.05, 4.69) is 4.98 Å². The van der Waals surface area contributed by atoms with E-state index < -0.39 is 10.3 Å². The van der Waals surface area contributed by atoms with Crippen LogP contribution in [0.15, 0.2) is 52.5 Å². The van der Waals surface area contributed by atoms with Crippen molar-refractivity contribution in [2.24, 2.45) is 0 Å². The summed E-state index contributed by atoms with van der Waals surface area (Å²) in [4.78, 5) is 8.02. The molecule has 0 bridgehead atoms. The molecule has 1 aromatic carbocycles. The van der Waals surface area contributed by atoms with Crippen molar-refractivity contribution in [1.82, 2.24) is 4.98 Å². The number of hydrogen-bond donors (Lipinski definition) is 1. The molecule has 0 aliphatic carbocycles. The lowest BCUT2D eigenvalue weighted by Gasteiger charge is -2.33. The first-order chi connectivity index (χ1) is 8.93. The minimum Gasteiger partial charge on any atom is -0.377 e. The van der Waals surface area contributed by atoms with Gasteiger partial charge in [0.25, 0.3) is 0 Å². The molecule has 1 atom stereocenters. The molecule has 1 heterocycles. The fraction of sp³-hybridized carbons (Fsp3) is 0.267. The molecule has 0 radical (unpaired) electrons. The number of rotatable bonds is 3. The average Bonchev–Trinajstić information content (AvgIpc) is 2.39. The van der Waals surface area contributed by atoms with Crippen LogP contribution < -0.4 is 4.90 Å². The largest absolute Gasteiger partial charge is 0.377 e. The predicted octanol–water partition coefficient (Wildman–Crippen LogP) is 3.78. The lowest BCUT2D eigenvalue weighted by molar-refractivity contribution is 0.629. The molecule has 2 rings (SSSR count). The van der Waals surface area contributed by atoms with E-state index in [-0.39, 0.29) is 0 Å². The van der Waals surface area contributed by atoms with Crippen LogP contribution in [0, 0.1) is 6.92 Å². The molecule has 1 N–H and O–H groups in total. The van der Waals surface area contributed by atoms with Gasteiger partial charge in [-0.25, -0.2) is 0 Å². The number of pyridine rings is 1. The number of aryl methyl sites for hydroxylation is 1. The van der Waals surface area contributed by atoms with Crippen LogP contribution in [-0.4, -0.2) is 29.9 Å². The van der Waals surface area contributed by atoms with Gasteiger partial charge < -0.3 is 9.45 Å². The van der Waals surface area contributed by atoms with E-state index in [0.717, 1.165) is 15.5 Å². The van der Waals surface area contributed by atoms with Gasteiger partial charge in [-0.1, -0.05) is 28.0 Å². The fourth-order valence-corrected chi connectivity index (χ4v) is 3.82. The molecule has 0 spiro atoms. The van der Waals surface area contributed by atoms with Gasteiger partial charge in [0, 0.05) is 31.4 Å². The molecular weight excluding hydrogens is 256 g/mol. The van der Waals surface area contributed by atoms with Crippen LogP contribution in [-0.2, 0) is 0 Å². The molecule has 0 aliphatic heterocycles. The maximum Gasteiger partial charge on any atom is 0.0583 e. The molecule has 19 heavy (non-hydrogen) atoms. The predicted molar refractivity (Wildman–Crippen MR) is 82.4 cm³/mol. The third-order valence-corrected chi connectivity index (χ3v) is 5.51. The zero-order valence-corrected chi connectivity index (χ0v) is 12.6. The van der Waals surface area contributed by atoms with Crippen LogP contribution >= 0.6 is 10.3 Å². The highest BCUT2D eigenvalue weighted by molar-refractivity contribution is 8.28. The zero-order chi connectivity index (χ0) is 14.0. The summed E-state index contributed by atoms with van der Waals surface area (Å²) < 4.78 is 11.0. The topological polar surface area (TPSA) is 36.4 Å². The van der Waals surface area contributed by atoms with Crippen LogP contribution in [0.5, 0.6) is 0 Å². The van der Waals surface area contributed by atoms with Crippen LogP contribution in [0.25, 0.3) is 0 Å². The molecule has 0 amide bonds. The Balaban J connectivity index is 2.53. The molecule has 1 unspecified atom stereocenters. The van der Waals surface area contributed by atoms with Crippen molar-refractivity contribution in [1.29, 1.82) is 0 Å². The van der Waals surface area contributed by atoms with Gasteiger partial charge in [-0.3, -0.25) is 4.98 Å². The van der Waals surface area contributed by atoms with Crippen molar-refractivity contribution < 1.29 is 4.55 Å². The third-order valence-electron chi connectivity index (χ3n) is 3.15. The van der Waals surface area contributed by atoms with Gasteiger partial charge in [-0.2, -0.15) is 0 Å². The van der Waals surface area contributed by atoms with Crippen LogP contribution in [0.1, 0.15) is 5.56 Å². The van der Waals surface area contributed by atoms with E-state index in [1.807, 2.05) is 62.5 Å². The zero-order valence-electron chi connectivity index (χ0n) is 11.8. The number of nitrogens with zero attached hydrogens (tertiary/aromatic N) is 2. The molecule has 0 saturated carbocycles. The van der Waals surface area contributed by atoms with Gasteiger partial charge >= 0.3 is 0 Å². The van der Waals surface area contributed by atoms with Crippen molar-refractivity contribution in [3.05, 3.63) is 48.3 Å². The van der Waals surface area contributed by atoms with Crippen molar-refractivity contribution >= 4 is 16.0 Å². The van der Waals surface area contributed by atoms with Crippen molar-refractivity contribution in [3.8, 4) is 0 Å². The van der Waals surface area contributed by atoms with Gasteiger partial charge in [0.2, 0.25) is 0 Å².